The normalized spacial score (nSPS) is 20.9. The molecule has 0 atom stereocenters. The van der Waals surface area contributed by atoms with E-state index in [0.29, 0.717) is 24.4 Å². The monoisotopic (exact) mass is 301 g/mol. The highest BCUT2D eigenvalue weighted by Crippen LogP contribution is 2.34. The molecule has 0 saturated heterocycles. The number of nitrogens with one attached hydrogen (secondary N) is 1. The molecule has 2 heterocycles. The minimum Gasteiger partial charge on any atom is -0.363 e. The molecule has 6 heteroatoms. The summed E-state index contributed by atoms with van der Waals surface area (Å²) < 4.78 is 5.34. The molecular weight excluding hydrogens is 278 g/mol. The van der Waals surface area contributed by atoms with Crippen LogP contribution in [-0.2, 0) is 13.0 Å². The van der Waals surface area contributed by atoms with Gasteiger partial charge in [-0.05, 0) is 25.2 Å². The van der Waals surface area contributed by atoms with E-state index in [4.69, 9.17) is 10.3 Å². The third kappa shape index (κ3) is 3.62. The van der Waals surface area contributed by atoms with E-state index < -0.39 is 0 Å². The van der Waals surface area contributed by atoms with Gasteiger partial charge in [0.1, 0.15) is 12.1 Å². The number of rotatable bonds is 6. The van der Waals surface area contributed by atoms with Crippen molar-refractivity contribution in [2.45, 2.75) is 51.6 Å². The third-order valence-corrected chi connectivity index (χ3v) is 3.95. The van der Waals surface area contributed by atoms with Gasteiger partial charge in [-0.2, -0.15) is 0 Å². The van der Waals surface area contributed by atoms with Gasteiger partial charge in [0, 0.05) is 29.8 Å². The largest absolute Gasteiger partial charge is 0.363 e. The van der Waals surface area contributed by atoms with Crippen molar-refractivity contribution in [2.75, 3.05) is 5.32 Å². The Morgan fingerprint density at radius 1 is 1.32 bits per heavy atom. The van der Waals surface area contributed by atoms with Gasteiger partial charge in [-0.3, -0.25) is 0 Å². The molecule has 1 aliphatic carbocycles. The topological polar surface area (TPSA) is 89.9 Å². The molecule has 2 aromatic heterocycles. The number of hydrogen-bond donors (Lipinski definition) is 2. The average molecular weight is 301 g/mol. The molecule has 0 aromatic carbocycles. The molecule has 6 nitrogen and oxygen atoms in total. The van der Waals surface area contributed by atoms with E-state index in [2.05, 4.69) is 34.3 Å². The summed E-state index contributed by atoms with van der Waals surface area (Å²) in [6, 6.07) is 4.33. The molecule has 0 amide bonds. The van der Waals surface area contributed by atoms with Gasteiger partial charge in [0.25, 0.3) is 0 Å². The highest BCUT2D eigenvalue weighted by atomic mass is 16.5. The van der Waals surface area contributed by atoms with E-state index >= 15 is 0 Å². The number of nitrogens with zero attached hydrogens (tertiary/aromatic N) is 3. The molecule has 22 heavy (non-hydrogen) atoms. The van der Waals surface area contributed by atoms with Gasteiger partial charge >= 0.3 is 0 Å². The predicted molar refractivity (Wildman–Crippen MR) is 84.4 cm³/mol. The van der Waals surface area contributed by atoms with Crippen LogP contribution in [-0.4, -0.2) is 21.2 Å². The van der Waals surface area contributed by atoms with Crippen molar-refractivity contribution in [1.29, 1.82) is 0 Å². The average Bonchev–Trinajstić information content (AvgIpc) is 2.89. The fourth-order valence-electron chi connectivity index (χ4n) is 2.73. The van der Waals surface area contributed by atoms with Crippen molar-refractivity contribution >= 4 is 5.82 Å². The maximum Gasteiger partial charge on any atom is 0.156 e. The zero-order chi connectivity index (χ0) is 15.5. The van der Waals surface area contributed by atoms with E-state index in [0.717, 1.165) is 42.2 Å². The second-order valence-electron chi connectivity index (χ2n) is 6.49. The van der Waals surface area contributed by atoms with Crippen LogP contribution in [0.4, 0.5) is 5.82 Å². The van der Waals surface area contributed by atoms with E-state index in [1.54, 1.807) is 6.33 Å². The fraction of sp³-hybridized carbons (Fsp3) is 0.562. The Bertz CT molecular complexity index is 619. The molecule has 0 bridgehead atoms. The van der Waals surface area contributed by atoms with Crippen molar-refractivity contribution in [1.82, 2.24) is 15.1 Å². The molecule has 3 rings (SSSR count). The first-order valence-electron chi connectivity index (χ1n) is 7.86. The highest BCUT2D eigenvalue weighted by Gasteiger charge is 2.28. The fourth-order valence-corrected chi connectivity index (χ4v) is 2.73. The van der Waals surface area contributed by atoms with E-state index in [1.165, 1.54) is 0 Å². The summed E-state index contributed by atoms with van der Waals surface area (Å²) in [7, 11) is 0. The lowest BCUT2D eigenvalue weighted by atomic mass is 9.79. The van der Waals surface area contributed by atoms with Crippen molar-refractivity contribution in [3.05, 3.63) is 35.6 Å². The highest BCUT2D eigenvalue weighted by molar-refractivity contribution is 5.36. The third-order valence-electron chi connectivity index (χ3n) is 3.95. The molecule has 0 aliphatic heterocycles. The van der Waals surface area contributed by atoms with Crippen molar-refractivity contribution < 1.29 is 4.52 Å². The molecule has 0 spiro atoms. The lowest BCUT2D eigenvalue weighted by molar-refractivity contribution is 0.345. The first-order valence-corrected chi connectivity index (χ1v) is 7.86. The molecule has 3 N–H and O–H groups in total. The van der Waals surface area contributed by atoms with Gasteiger partial charge in [0.05, 0.1) is 12.2 Å². The Hall–Kier alpha value is -1.95. The van der Waals surface area contributed by atoms with Crippen molar-refractivity contribution in [3.8, 4) is 0 Å². The number of nitrogens with two attached hydrogens (primary N) is 1. The maximum absolute atomic E-state index is 5.84. The first kappa shape index (κ1) is 15.0. The van der Waals surface area contributed by atoms with Crippen LogP contribution in [0.25, 0.3) is 0 Å². The van der Waals surface area contributed by atoms with E-state index in [-0.39, 0.29) is 0 Å². The van der Waals surface area contributed by atoms with Crippen LogP contribution in [0.3, 0.4) is 0 Å². The Labute approximate surface area is 130 Å². The standard InChI is InChI=1S/C16H23N5O/c1-10(2)3-13-6-14(22-21-13)8-18-16-7-15(19-9-20-16)11-4-12(17)5-11/h6-7,9-12H,3-5,8,17H2,1-2H3,(H,18,19,20). The zero-order valence-electron chi connectivity index (χ0n) is 13.1. The molecule has 1 aliphatic rings. The lowest BCUT2D eigenvalue weighted by Gasteiger charge is -2.31. The minimum absolute atomic E-state index is 0.324. The van der Waals surface area contributed by atoms with Crippen LogP contribution in [0.2, 0.25) is 0 Å². The molecule has 1 saturated carbocycles. The first-order chi connectivity index (χ1) is 10.6. The van der Waals surface area contributed by atoms with Crippen LogP contribution in [0, 0.1) is 5.92 Å². The van der Waals surface area contributed by atoms with Gasteiger partial charge in [0.15, 0.2) is 5.76 Å². The van der Waals surface area contributed by atoms with Crippen LogP contribution < -0.4 is 11.1 Å². The number of aromatic nitrogens is 3. The minimum atomic E-state index is 0.324. The lowest BCUT2D eigenvalue weighted by Crippen LogP contribution is -2.35. The van der Waals surface area contributed by atoms with Gasteiger partial charge in [-0.25, -0.2) is 9.97 Å². The number of anilines is 1. The Kier molecular flexibility index (Phi) is 4.38. The summed E-state index contributed by atoms with van der Waals surface area (Å²) in [5.41, 5.74) is 7.90. The van der Waals surface area contributed by atoms with E-state index in [9.17, 15) is 0 Å². The van der Waals surface area contributed by atoms with Gasteiger partial charge in [-0.1, -0.05) is 19.0 Å². The summed E-state index contributed by atoms with van der Waals surface area (Å²) in [5.74, 6) is 2.68. The second-order valence-corrected chi connectivity index (χ2v) is 6.49. The Morgan fingerprint density at radius 3 is 2.86 bits per heavy atom. The maximum atomic E-state index is 5.84. The Balaban J connectivity index is 1.57. The summed E-state index contributed by atoms with van der Waals surface area (Å²) in [6.07, 6.45) is 4.56. The van der Waals surface area contributed by atoms with Crippen molar-refractivity contribution in [2.24, 2.45) is 11.7 Å². The Morgan fingerprint density at radius 2 is 2.14 bits per heavy atom. The number of hydrogen-bond acceptors (Lipinski definition) is 6. The predicted octanol–water partition coefficient (Wildman–Crippen LogP) is 2.48. The smallest absolute Gasteiger partial charge is 0.156 e. The van der Waals surface area contributed by atoms with Crippen LogP contribution in [0.15, 0.2) is 23.0 Å². The molecule has 118 valence electrons. The van der Waals surface area contributed by atoms with Crippen molar-refractivity contribution in [3.63, 3.8) is 0 Å². The van der Waals surface area contributed by atoms with E-state index in [1.807, 2.05) is 12.1 Å². The second kappa shape index (κ2) is 6.44. The van der Waals surface area contributed by atoms with Crippen LogP contribution in [0.5, 0.6) is 0 Å². The molecule has 0 unspecified atom stereocenters. The SMILES string of the molecule is CC(C)Cc1cc(CNc2cc(C3CC(N)C3)ncn2)on1. The molecule has 2 aromatic rings. The molecular formula is C16H23N5O. The van der Waals surface area contributed by atoms with Gasteiger partial charge < -0.3 is 15.6 Å². The summed E-state index contributed by atoms with van der Waals surface area (Å²) in [4.78, 5) is 8.60. The quantitative estimate of drug-likeness (QED) is 0.852. The zero-order valence-corrected chi connectivity index (χ0v) is 13.1. The van der Waals surface area contributed by atoms with Crippen LogP contribution >= 0.6 is 0 Å². The summed E-state index contributed by atoms with van der Waals surface area (Å²) in [6.45, 7) is 4.91. The summed E-state index contributed by atoms with van der Waals surface area (Å²) >= 11 is 0. The molecule has 1 fully saturated rings. The van der Waals surface area contributed by atoms with Crippen LogP contribution in [0.1, 0.15) is 49.8 Å². The summed E-state index contributed by atoms with van der Waals surface area (Å²) in [5, 5.41) is 7.35. The van der Waals surface area contributed by atoms with Gasteiger partial charge in [-0.15, -0.1) is 0 Å². The van der Waals surface area contributed by atoms with Gasteiger partial charge in [0.2, 0.25) is 0 Å². The molecule has 0 radical (unpaired) electrons.